The molecule has 0 fully saturated rings. The first-order chi connectivity index (χ1) is 29.1. The zero-order chi connectivity index (χ0) is 39.5. The highest BCUT2D eigenvalue weighted by Crippen LogP contribution is 2.44. The second-order valence-corrected chi connectivity index (χ2v) is 14.5. The van der Waals surface area contributed by atoms with Crippen LogP contribution in [0.3, 0.4) is 0 Å². The molecule has 0 saturated heterocycles. The van der Waals surface area contributed by atoms with E-state index in [4.69, 9.17) is 15.0 Å². The van der Waals surface area contributed by atoms with Gasteiger partial charge in [0.15, 0.2) is 17.5 Å². The molecule has 8 aromatic carbocycles. The van der Waals surface area contributed by atoms with Crippen molar-refractivity contribution in [1.29, 1.82) is 0 Å². The van der Waals surface area contributed by atoms with E-state index in [0.29, 0.717) is 23.0 Å². The number of hydrogen-bond acceptors (Lipinski definition) is 5. The minimum absolute atomic E-state index is 0.00745. The van der Waals surface area contributed by atoms with E-state index in [-0.39, 0.29) is 10.6 Å². The van der Waals surface area contributed by atoms with Crippen molar-refractivity contribution in [2.75, 3.05) is 0 Å². The van der Waals surface area contributed by atoms with Gasteiger partial charge in [-0.25, -0.2) is 15.0 Å². The van der Waals surface area contributed by atoms with E-state index in [9.17, 15) is 10.1 Å². The van der Waals surface area contributed by atoms with Gasteiger partial charge < -0.3 is 9.13 Å². The summed E-state index contributed by atoms with van der Waals surface area (Å²) in [6.07, 6.45) is 0. The van der Waals surface area contributed by atoms with E-state index in [1.807, 2.05) is 84.9 Å². The smallest absolute Gasteiger partial charge is 0.270 e. The number of nitro benzene ring substituents is 1. The maximum atomic E-state index is 12.2. The lowest BCUT2D eigenvalue weighted by Crippen LogP contribution is -2.02. The Morgan fingerprint density at radius 3 is 1.64 bits per heavy atom. The highest BCUT2D eigenvalue weighted by molar-refractivity contribution is 6.26. The molecule has 59 heavy (non-hydrogen) atoms. The average Bonchev–Trinajstić information content (AvgIpc) is 3.82. The van der Waals surface area contributed by atoms with Crippen LogP contribution in [0, 0.1) is 10.1 Å². The highest BCUT2D eigenvalue weighted by atomic mass is 16.6. The summed E-state index contributed by atoms with van der Waals surface area (Å²) in [5.74, 6) is 1.60. The molecular formula is C51H32N6O2. The average molecular weight is 761 g/mol. The third-order valence-electron chi connectivity index (χ3n) is 11.0. The van der Waals surface area contributed by atoms with E-state index in [1.54, 1.807) is 12.1 Å². The third kappa shape index (κ3) is 5.65. The Hall–Kier alpha value is -8.23. The van der Waals surface area contributed by atoms with Gasteiger partial charge >= 0.3 is 0 Å². The molecule has 3 heterocycles. The summed E-state index contributed by atoms with van der Waals surface area (Å²) >= 11 is 0. The van der Waals surface area contributed by atoms with Crippen molar-refractivity contribution in [2.24, 2.45) is 0 Å². The maximum absolute atomic E-state index is 12.2. The molecule has 0 bridgehead atoms. The lowest BCUT2D eigenvalue weighted by atomic mass is 9.99. The SMILES string of the molecule is O=[N+]([O-])c1cccc(-c2cc(-c3nc(-c4ccccc4)nc(-c4ccccc4)n3)ccc2-n2c3ccccc3c3c2ccc2c4ccccc4n(-c4ccccc4)c23)c1. The van der Waals surface area contributed by atoms with Gasteiger partial charge in [-0.1, -0.05) is 133 Å². The molecule has 0 radical (unpaired) electrons. The number of para-hydroxylation sites is 3. The maximum Gasteiger partial charge on any atom is 0.270 e. The first kappa shape index (κ1) is 34.1. The van der Waals surface area contributed by atoms with Crippen molar-refractivity contribution in [1.82, 2.24) is 24.1 Å². The first-order valence-electron chi connectivity index (χ1n) is 19.4. The van der Waals surface area contributed by atoms with E-state index in [2.05, 4.69) is 100 Å². The van der Waals surface area contributed by atoms with Gasteiger partial charge in [0.1, 0.15) is 0 Å². The molecule has 0 N–H and O–H groups in total. The molecule has 278 valence electrons. The highest BCUT2D eigenvalue weighted by Gasteiger charge is 2.23. The summed E-state index contributed by atoms with van der Waals surface area (Å²) < 4.78 is 4.65. The van der Waals surface area contributed by atoms with Crippen LogP contribution in [0.2, 0.25) is 0 Å². The van der Waals surface area contributed by atoms with Gasteiger partial charge in [0.05, 0.1) is 32.7 Å². The monoisotopic (exact) mass is 760 g/mol. The zero-order valence-electron chi connectivity index (χ0n) is 31.5. The minimum atomic E-state index is -0.350. The van der Waals surface area contributed by atoms with Crippen LogP contribution in [0.25, 0.3) is 100 Å². The van der Waals surface area contributed by atoms with E-state index in [1.165, 1.54) is 11.5 Å². The topological polar surface area (TPSA) is 91.7 Å². The molecule has 8 heteroatoms. The van der Waals surface area contributed by atoms with E-state index >= 15 is 0 Å². The number of nitro groups is 1. The molecule has 0 atom stereocenters. The summed E-state index contributed by atoms with van der Waals surface area (Å²) in [4.78, 5) is 26.8. The van der Waals surface area contributed by atoms with Crippen LogP contribution < -0.4 is 0 Å². The van der Waals surface area contributed by atoms with Crippen LogP contribution in [0.5, 0.6) is 0 Å². The molecule has 0 amide bonds. The number of aromatic nitrogens is 5. The summed E-state index contributed by atoms with van der Waals surface area (Å²) in [6, 6.07) is 64.7. The molecule has 0 aliphatic rings. The molecule has 0 unspecified atom stereocenters. The fourth-order valence-corrected chi connectivity index (χ4v) is 8.44. The molecular weight excluding hydrogens is 729 g/mol. The Morgan fingerprint density at radius 1 is 0.424 bits per heavy atom. The lowest BCUT2D eigenvalue weighted by molar-refractivity contribution is -0.384. The lowest BCUT2D eigenvalue weighted by Gasteiger charge is -2.16. The summed E-state index contributed by atoms with van der Waals surface area (Å²) in [6.45, 7) is 0. The largest absolute Gasteiger partial charge is 0.309 e. The number of hydrogen-bond donors (Lipinski definition) is 0. The van der Waals surface area contributed by atoms with Gasteiger partial charge in [0.25, 0.3) is 5.69 Å². The van der Waals surface area contributed by atoms with Gasteiger partial charge in [-0.3, -0.25) is 10.1 Å². The number of rotatable bonds is 7. The van der Waals surface area contributed by atoms with Gasteiger partial charge in [-0.15, -0.1) is 0 Å². The fraction of sp³-hybridized carbons (Fsp3) is 0. The van der Waals surface area contributed by atoms with Crippen LogP contribution in [0.1, 0.15) is 0 Å². The van der Waals surface area contributed by atoms with Crippen LogP contribution >= 0.6 is 0 Å². The van der Waals surface area contributed by atoms with Gasteiger partial charge in [0, 0.05) is 61.6 Å². The standard InChI is InChI=1S/C51H32N6O2/c58-57(59)38-22-14-19-35(31-38)42-32-36(51-53-49(33-15-4-1-5-16-33)52-50(54-51)34-17-6-2-7-18-34)27-29-45(42)56-44-26-13-11-24-41(44)47-46(56)30-28-40-39-23-10-12-25-43(39)55(48(40)47)37-20-8-3-9-21-37/h1-32H. The second-order valence-electron chi connectivity index (χ2n) is 14.5. The van der Waals surface area contributed by atoms with Crippen LogP contribution in [0.15, 0.2) is 194 Å². The summed E-state index contributed by atoms with van der Waals surface area (Å²) in [5.41, 5.74) is 10.2. The van der Waals surface area contributed by atoms with Crippen molar-refractivity contribution < 1.29 is 4.92 Å². The predicted molar refractivity (Wildman–Crippen MR) is 237 cm³/mol. The van der Waals surface area contributed by atoms with Gasteiger partial charge in [-0.2, -0.15) is 0 Å². The Kier molecular flexibility index (Phi) is 7.94. The van der Waals surface area contributed by atoms with Crippen LogP contribution in [0.4, 0.5) is 5.69 Å². The van der Waals surface area contributed by atoms with E-state index in [0.717, 1.165) is 71.9 Å². The van der Waals surface area contributed by atoms with Crippen molar-refractivity contribution in [2.45, 2.75) is 0 Å². The van der Waals surface area contributed by atoms with E-state index < -0.39 is 0 Å². The zero-order valence-corrected chi connectivity index (χ0v) is 31.5. The Balaban J connectivity index is 1.21. The molecule has 0 aliphatic carbocycles. The van der Waals surface area contributed by atoms with Crippen molar-refractivity contribution in [3.63, 3.8) is 0 Å². The number of benzene rings is 8. The van der Waals surface area contributed by atoms with Crippen molar-refractivity contribution in [3.8, 4) is 56.7 Å². The number of nitrogens with zero attached hydrogens (tertiary/aromatic N) is 6. The fourth-order valence-electron chi connectivity index (χ4n) is 8.44. The quantitative estimate of drug-likeness (QED) is 0.119. The molecule has 0 spiro atoms. The Morgan fingerprint density at radius 2 is 0.983 bits per heavy atom. The molecule has 11 rings (SSSR count). The second kappa shape index (κ2) is 13.8. The minimum Gasteiger partial charge on any atom is -0.309 e. The molecule has 3 aromatic heterocycles. The number of fused-ring (bicyclic) bond motifs is 7. The van der Waals surface area contributed by atoms with Gasteiger partial charge in [-0.05, 0) is 54.1 Å². The third-order valence-corrected chi connectivity index (χ3v) is 11.0. The Labute approximate surface area is 338 Å². The normalized spacial score (nSPS) is 11.5. The summed E-state index contributed by atoms with van der Waals surface area (Å²) in [5, 5.41) is 16.7. The summed E-state index contributed by atoms with van der Waals surface area (Å²) in [7, 11) is 0. The van der Waals surface area contributed by atoms with Crippen molar-refractivity contribution in [3.05, 3.63) is 204 Å². The van der Waals surface area contributed by atoms with Crippen molar-refractivity contribution >= 4 is 49.3 Å². The Bertz CT molecular complexity index is 3350. The first-order valence-corrected chi connectivity index (χ1v) is 19.4. The predicted octanol–water partition coefficient (Wildman–Crippen LogP) is 12.6. The van der Waals surface area contributed by atoms with Gasteiger partial charge in [0.2, 0.25) is 0 Å². The van der Waals surface area contributed by atoms with Crippen LogP contribution in [-0.2, 0) is 0 Å². The molecule has 0 saturated carbocycles. The number of non-ortho nitro benzene ring substituents is 1. The van der Waals surface area contributed by atoms with Crippen LogP contribution in [-0.4, -0.2) is 29.0 Å². The molecule has 8 nitrogen and oxygen atoms in total. The molecule has 0 aliphatic heterocycles. The molecule has 11 aromatic rings.